The van der Waals surface area contributed by atoms with Gasteiger partial charge in [-0.05, 0) is 44.4 Å². The van der Waals surface area contributed by atoms with Gasteiger partial charge in [-0.25, -0.2) is 8.78 Å². The van der Waals surface area contributed by atoms with E-state index >= 15 is 0 Å². The van der Waals surface area contributed by atoms with Crippen molar-refractivity contribution in [2.45, 2.75) is 37.9 Å². The third-order valence-corrected chi connectivity index (χ3v) is 3.59. The lowest BCUT2D eigenvalue weighted by Gasteiger charge is -2.23. The Morgan fingerprint density at radius 3 is 2.70 bits per heavy atom. The fourth-order valence-electron chi connectivity index (χ4n) is 2.47. The molecule has 1 aliphatic rings. The molecule has 20 heavy (non-hydrogen) atoms. The van der Waals surface area contributed by atoms with E-state index in [1.807, 2.05) is 0 Å². The van der Waals surface area contributed by atoms with E-state index in [9.17, 15) is 13.9 Å². The molecule has 2 rings (SSSR count). The highest BCUT2D eigenvalue weighted by Gasteiger charge is 2.18. The maximum absolute atomic E-state index is 13.5. The fourth-order valence-corrected chi connectivity index (χ4v) is 2.47. The summed E-state index contributed by atoms with van der Waals surface area (Å²) in [4.78, 5) is 0. The highest BCUT2D eigenvalue weighted by Crippen LogP contribution is 2.20. The summed E-state index contributed by atoms with van der Waals surface area (Å²) in [6.45, 7) is 1.61. The molecule has 2 unspecified atom stereocenters. The summed E-state index contributed by atoms with van der Waals surface area (Å²) in [6.07, 6.45) is 3.31. The van der Waals surface area contributed by atoms with Crippen LogP contribution in [0.5, 0.6) is 0 Å². The lowest BCUT2D eigenvalue weighted by molar-refractivity contribution is 0.0111. The third-order valence-electron chi connectivity index (χ3n) is 3.59. The van der Waals surface area contributed by atoms with E-state index in [0.29, 0.717) is 6.54 Å². The zero-order valence-corrected chi connectivity index (χ0v) is 11.4. The van der Waals surface area contributed by atoms with Crippen molar-refractivity contribution >= 4 is 0 Å². The normalized spacial score (nSPS) is 20.9. The van der Waals surface area contributed by atoms with Gasteiger partial charge in [-0.15, -0.1) is 0 Å². The van der Waals surface area contributed by atoms with Gasteiger partial charge in [0.05, 0.1) is 17.8 Å². The summed E-state index contributed by atoms with van der Waals surface area (Å²) in [5, 5.41) is 12.9. The molecule has 1 aliphatic heterocycles. The zero-order valence-electron chi connectivity index (χ0n) is 11.4. The van der Waals surface area contributed by atoms with Crippen LogP contribution in [-0.4, -0.2) is 30.9 Å². The molecule has 0 spiro atoms. The van der Waals surface area contributed by atoms with Crippen molar-refractivity contribution in [3.63, 3.8) is 0 Å². The lowest BCUT2D eigenvalue weighted by Crippen LogP contribution is -2.28. The van der Waals surface area contributed by atoms with Gasteiger partial charge in [-0.3, -0.25) is 0 Å². The molecule has 1 fully saturated rings. The molecule has 1 aromatic carbocycles. The van der Waals surface area contributed by atoms with E-state index in [0.717, 1.165) is 38.0 Å². The number of nitrogens with one attached hydrogen (secondary N) is 1. The highest BCUT2D eigenvalue weighted by atomic mass is 19.1. The first kappa shape index (κ1) is 15.4. The molecule has 1 saturated heterocycles. The van der Waals surface area contributed by atoms with Crippen LogP contribution in [0.4, 0.5) is 8.78 Å². The molecule has 0 bridgehead atoms. The van der Waals surface area contributed by atoms with Gasteiger partial charge >= 0.3 is 0 Å². The second-order valence-corrected chi connectivity index (χ2v) is 5.13. The fraction of sp³-hybridized carbons (Fsp3) is 0.600. The van der Waals surface area contributed by atoms with Crippen LogP contribution in [0.3, 0.4) is 0 Å². The van der Waals surface area contributed by atoms with Gasteiger partial charge < -0.3 is 15.2 Å². The molecule has 0 aliphatic carbocycles. The van der Waals surface area contributed by atoms with E-state index in [4.69, 9.17) is 4.74 Å². The molecular weight excluding hydrogens is 264 g/mol. The number of hydrogen-bond donors (Lipinski definition) is 2. The molecule has 112 valence electrons. The third kappa shape index (κ3) is 4.23. The molecule has 2 N–H and O–H groups in total. The van der Waals surface area contributed by atoms with Gasteiger partial charge in [0.2, 0.25) is 0 Å². The Morgan fingerprint density at radius 2 is 2.05 bits per heavy atom. The molecule has 1 heterocycles. The maximum Gasteiger partial charge on any atom is 0.131 e. The number of benzene rings is 1. The minimum absolute atomic E-state index is 0.130. The summed E-state index contributed by atoms with van der Waals surface area (Å²) in [5.41, 5.74) is -0.270. The lowest BCUT2D eigenvalue weighted by atomic mass is 10.1. The van der Waals surface area contributed by atoms with Gasteiger partial charge in [0, 0.05) is 13.2 Å². The molecule has 0 aromatic heterocycles. The van der Waals surface area contributed by atoms with Crippen molar-refractivity contribution in [1.29, 1.82) is 0 Å². The van der Waals surface area contributed by atoms with Crippen LogP contribution in [0, 0.1) is 11.6 Å². The second kappa shape index (κ2) is 7.67. The monoisotopic (exact) mass is 285 g/mol. The van der Waals surface area contributed by atoms with Crippen molar-refractivity contribution in [2.24, 2.45) is 0 Å². The first-order chi connectivity index (χ1) is 9.68. The zero-order chi connectivity index (χ0) is 14.4. The number of aliphatic hydroxyl groups is 1. The molecule has 0 amide bonds. The molecule has 2 atom stereocenters. The summed E-state index contributed by atoms with van der Waals surface area (Å²) < 4.78 is 32.5. The highest BCUT2D eigenvalue weighted by molar-refractivity contribution is 5.22. The summed E-state index contributed by atoms with van der Waals surface area (Å²) in [7, 11) is 0. The standard InChI is InChI=1S/C15H21F2NO2/c16-12-5-3-6-13(17)15(12)14(19)10-18-8-7-11-4-1-2-9-20-11/h3,5-6,11,14,18-19H,1-2,4,7-10H2. The van der Waals surface area contributed by atoms with Crippen molar-refractivity contribution in [3.8, 4) is 0 Å². The smallest absolute Gasteiger partial charge is 0.131 e. The van der Waals surface area contributed by atoms with Crippen LogP contribution in [0.15, 0.2) is 18.2 Å². The molecular formula is C15H21F2NO2. The SMILES string of the molecule is OC(CNCCC1CCCCO1)c1c(F)cccc1F. The van der Waals surface area contributed by atoms with E-state index in [-0.39, 0.29) is 18.2 Å². The minimum Gasteiger partial charge on any atom is -0.387 e. The largest absolute Gasteiger partial charge is 0.387 e. The van der Waals surface area contributed by atoms with Crippen LogP contribution in [0.1, 0.15) is 37.4 Å². The number of aliphatic hydroxyl groups excluding tert-OH is 1. The van der Waals surface area contributed by atoms with E-state index in [1.165, 1.54) is 12.5 Å². The van der Waals surface area contributed by atoms with Crippen LogP contribution >= 0.6 is 0 Å². The van der Waals surface area contributed by atoms with Gasteiger partial charge in [0.15, 0.2) is 0 Å². The maximum atomic E-state index is 13.5. The quantitative estimate of drug-likeness (QED) is 0.789. The van der Waals surface area contributed by atoms with Gasteiger partial charge in [-0.1, -0.05) is 6.07 Å². The van der Waals surface area contributed by atoms with Crippen LogP contribution < -0.4 is 5.32 Å². The van der Waals surface area contributed by atoms with Crippen LogP contribution in [-0.2, 0) is 4.74 Å². The molecule has 0 saturated carbocycles. The topological polar surface area (TPSA) is 41.5 Å². The van der Waals surface area contributed by atoms with E-state index in [2.05, 4.69) is 5.32 Å². The van der Waals surface area contributed by atoms with E-state index < -0.39 is 17.7 Å². The summed E-state index contributed by atoms with van der Waals surface area (Å²) in [6, 6.07) is 3.59. The van der Waals surface area contributed by atoms with Gasteiger partial charge in [0.25, 0.3) is 0 Å². The summed E-state index contributed by atoms with van der Waals surface area (Å²) in [5.74, 6) is -1.43. The predicted molar refractivity (Wildman–Crippen MR) is 72.4 cm³/mol. The Morgan fingerprint density at radius 1 is 1.30 bits per heavy atom. The van der Waals surface area contributed by atoms with Crippen molar-refractivity contribution in [2.75, 3.05) is 19.7 Å². The summed E-state index contributed by atoms with van der Waals surface area (Å²) >= 11 is 0. The first-order valence-electron chi connectivity index (χ1n) is 7.13. The number of rotatable bonds is 6. The van der Waals surface area contributed by atoms with Gasteiger partial charge in [-0.2, -0.15) is 0 Å². The Hall–Kier alpha value is -1.04. The number of hydrogen-bond acceptors (Lipinski definition) is 3. The average molecular weight is 285 g/mol. The first-order valence-corrected chi connectivity index (χ1v) is 7.13. The molecule has 1 aromatic rings. The molecule has 3 nitrogen and oxygen atoms in total. The minimum atomic E-state index is -1.18. The van der Waals surface area contributed by atoms with Crippen LogP contribution in [0.2, 0.25) is 0 Å². The van der Waals surface area contributed by atoms with Crippen molar-refractivity contribution in [3.05, 3.63) is 35.4 Å². The Balaban J connectivity index is 1.73. The second-order valence-electron chi connectivity index (χ2n) is 5.13. The van der Waals surface area contributed by atoms with Gasteiger partial charge in [0.1, 0.15) is 11.6 Å². The predicted octanol–water partition coefficient (Wildman–Crippen LogP) is 2.55. The molecule has 5 heteroatoms. The molecule has 0 radical (unpaired) electrons. The Labute approximate surface area is 117 Å². The van der Waals surface area contributed by atoms with Crippen LogP contribution in [0.25, 0.3) is 0 Å². The average Bonchev–Trinajstić information content (AvgIpc) is 2.44. The van der Waals surface area contributed by atoms with Crippen molar-refractivity contribution < 1.29 is 18.6 Å². The Bertz CT molecular complexity index is 402. The number of ether oxygens (including phenoxy) is 1. The van der Waals surface area contributed by atoms with E-state index in [1.54, 1.807) is 0 Å². The van der Waals surface area contributed by atoms with Crippen molar-refractivity contribution in [1.82, 2.24) is 5.32 Å². The number of halogens is 2. The Kier molecular flexibility index (Phi) is 5.88.